The van der Waals surface area contributed by atoms with Gasteiger partial charge in [0.1, 0.15) is 17.2 Å². The average Bonchev–Trinajstić information content (AvgIpc) is 2.76. The molecule has 2 aliphatic rings. The molecule has 3 amide bonds. The van der Waals surface area contributed by atoms with Gasteiger partial charge in [0.25, 0.3) is 0 Å². The highest BCUT2D eigenvalue weighted by atomic mass is 16.6. The van der Waals surface area contributed by atoms with E-state index in [0.717, 1.165) is 9.80 Å². The molecule has 0 saturated carbocycles. The van der Waals surface area contributed by atoms with Gasteiger partial charge in [0.15, 0.2) is 6.04 Å². The van der Waals surface area contributed by atoms with Crippen LogP contribution in [0.15, 0.2) is 0 Å². The highest BCUT2D eigenvalue weighted by Crippen LogP contribution is 2.16. The molecule has 0 aromatic heterocycles. The van der Waals surface area contributed by atoms with Crippen LogP contribution in [0.4, 0.5) is 14.4 Å². The molecule has 14 nitrogen and oxygen atoms in total. The molecule has 2 aliphatic heterocycles. The van der Waals surface area contributed by atoms with Crippen molar-refractivity contribution in [1.82, 2.24) is 20.0 Å². The van der Waals surface area contributed by atoms with Gasteiger partial charge in [0, 0.05) is 32.7 Å². The Kier molecular flexibility index (Phi) is 10.8. The van der Waals surface area contributed by atoms with Gasteiger partial charge < -0.3 is 34.6 Å². The summed E-state index contributed by atoms with van der Waals surface area (Å²) in [5, 5.41) is 21.0. The maximum atomic E-state index is 11.9. The van der Waals surface area contributed by atoms with E-state index in [2.05, 4.69) is 10.1 Å². The number of carboxylic acid groups (broad SMARTS) is 2. The van der Waals surface area contributed by atoms with Crippen LogP contribution in [-0.2, 0) is 23.8 Å². The van der Waals surface area contributed by atoms with Gasteiger partial charge in [0.05, 0.1) is 13.7 Å². The maximum absolute atomic E-state index is 11.9. The highest BCUT2D eigenvalue weighted by molar-refractivity contribution is 5.82. The van der Waals surface area contributed by atoms with Gasteiger partial charge in [-0.1, -0.05) is 0 Å². The van der Waals surface area contributed by atoms with Gasteiger partial charge in [-0.05, 0) is 41.5 Å². The lowest BCUT2D eigenvalue weighted by molar-refractivity contribution is -0.147. The number of esters is 1. The van der Waals surface area contributed by atoms with Crippen LogP contribution in [0.2, 0.25) is 0 Å². The van der Waals surface area contributed by atoms with Crippen molar-refractivity contribution in [2.75, 3.05) is 46.4 Å². The predicted octanol–water partition coefficient (Wildman–Crippen LogP) is 1.04. The van der Waals surface area contributed by atoms with Crippen molar-refractivity contribution in [2.24, 2.45) is 0 Å². The molecule has 2 saturated heterocycles. The summed E-state index contributed by atoms with van der Waals surface area (Å²) in [5.74, 6) is -1.68. The summed E-state index contributed by atoms with van der Waals surface area (Å²) in [7, 11) is 1.31. The molecule has 2 unspecified atom stereocenters. The SMILES string of the molecule is CC(C)(C)OC(=O)N1CCN(C(=O)O)CC1C(=O)O.COC(=O)C1CNCCN1C(=O)OC(C)(C)C. The fourth-order valence-electron chi connectivity index (χ4n) is 3.30. The number of piperazine rings is 2. The van der Waals surface area contributed by atoms with Crippen LogP contribution in [0, 0.1) is 0 Å². The lowest BCUT2D eigenvalue weighted by atomic mass is 10.1. The first-order valence-electron chi connectivity index (χ1n) is 11.4. The minimum Gasteiger partial charge on any atom is -0.480 e. The van der Waals surface area contributed by atoms with Crippen molar-refractivity contribution in [3.05, 3.63) is 0 Å². The Balaban J connectivity index is 0.000000362. The Morgan fingerprint density at radius 3 is 1.72 bits per heavy atom. The summed E-state index contributed by atoms with van der Waals surface area (Å²) in [4.78, 5) is 60.7. The second kappa shape index (κ2) is 12.6. The molecule has 206 valence electrons. The van der Waals surface area contributed by atoms with Crippen molar-refractivity contribution in [2.45, 2.75) is 64.8 Å². The number of carbonyl (C=O) groups is 5. The number of ether oxygens (including phenoxy) is 3. The summed E-state index contributed by atoms with van der Waals surface area (Å²) in [6.45, 7) is 11.7. The van der Waals surface area contributed by atoms with Crippen molar-refractivity contribution >= 4 is 30.2 Å². The molecule has 2 heterocycles. The van der Waals surface area contributed by atoms with Gasteiger partial charge in [-0.15, -0.1) is 0 Å². The first kappa shape index (κ1) is 30.7. The van der Waals surface area contributed by atoms with Crippen molar-refractivity contribution in [1.29, 1.82) is 0 Å². The topological polar surface area (TPSA) is 175 Å². The van der Waals surface area contributed by atoms with E-state index in [1.165, 1.54) is 12.0 Å². The van der Waals surface area contributed by atoms with Crippen molar-refractivity contribution < 1.29 is 48.4 Å². The number of carboxylic acids is 1. The highest BCUT2D eigenvalue weighted by Gasteiger charge is 2.39. The molecule has 2 rings (SSSR count). The van der Waals surface area contributed by atoms with Crippen LogP contribution in [0.5, 0.6) is 0 Å². The Morgan fingerprint density at radius 2 is 1.31 bits per heavy atom. The fraction of sp³-hybridized carbons (Fsp3) is 0.773. The number of methoxy groups -OCH3 is 1. The number of nitrogens with zero attached hydrogens (tertiary/aromatic N) is 3. The smallest absolute Gasteiger partial charge is 0.411 e. The standard InChI is InChI=1S/C11H18N2O6.C11H20N2O4/c1-11(2,3)19-10(18)13-5-4-12(9(16)17)6-7(13)8(14)15;1-11(2,3)17-10(15)13-6-5-12-7-8(13)9(14)16-4/h7H,4-6H2,1-3H3,(H,14,15)(H,16,17);8,12H,5-7H2,1-4H3. The third-order valence-corrected chi connectivity index (χ3v) is 4.91. The largest absolute Gasteiger partial charge is 0.480 e. The summed E-state index contributed by atoms with van der Waals surface area (Å²) < 4.78 is 15.0. The summed E-state index contributed by atoms with van der Waals surface area (Å²) in [6, 6.07) is -1.83. The van der Waals surface area contributed by atoms with Crippen LogP contribution in [0.3, 0.4) is 0 Å². The Morgan fingerprint density at radius 1 is 0.806 bits per heavy atom. The zero-order chi connectivity index (χ0) is 27.8. The van der Waals surface area contributed by atoms with E-state index in [0.29, 0.717) is 19.6 Å². The van der Waals surface area contributed by atoms with Crippen LogP contribution in [-0.4, -0.2) is 125 Å². The minimum atomic E-state index is -1.25. The first-order valence-corrected chi connectivity index (χ1v) is 11.4. The number of hydrogen-bond donors (Lipinski definition) is 3. The van der Waals surface area contributed by atoms with Crippen molar-refractivity contribution in [3.63, 3.8) is 0 Å². The molecular weight excluding hydrogens is 480 g/mol. The monoisotopic (exact) mass is 518 g/mol. The molecule has 2 fully saturated rings. The minimum absolute atomic E-state index is 0.00181. The average molecular weight is 519 g/mol. The molecule has 0 aliphatic carbocycles. The number of hydrogen-bond acceptors (Lipinski definition) is 9. The lowest BCUT2D eigenvalue weighted by Gasteiger charge is -2.38. The summed E-state index contributed by atoms with van der Waals surface area (Å²) in [6.07, 6.45) is -2.42. The van der Waals surface area contributed by atoms with Gasteiger partial charge in [-0.3, -0.25) is 9.80 Å². The quantitative estimate of drug-likeness (QED) is 0.352. The van der Waals surface area contributed by atoms with Crippen LogP contribution in [0.25, 0.3) is 0 Å². The Bertz CT molecular complexity index is 821. The zero-order valence-electron chi connectivity index (χ0n) is 21.9. The van der Waals surface area contributed by atoms with Crippen LogP contribution >= 0.6 is 0 Å². The Hall–Kier alpha value is -3.29. The third-order valence-electron chi connectivity index (χ3n) is 4.91. The number of nitrogens with one attached hydrogen (secondary N) is 1. The third kappa shape index (κ3) is 9.76. The number of rotatable bonds is 2. The normalized spacial score (nSPS) is 20.5. The molecule has 0 radical (unpaired) electrons. The number of aliphatic carboxylic acids is 1. The molecule has 0 aromatic rings. The number of carbonyl (C=O) groups excluding carboxylic acids is 3. The molecule has 0 bridgehead atoms. The summed E-state index contributed by atoms with van der Waals surface area (Å²) in [5.41, 5.74) is -1.30. The van der Waals surface area contributed by atoms with Gasteiger partial charge in [0.2, 0.25) is 0 Å². The van der Waals surface area contributed by atoms with Gasteiger partial charge in [-0.25, -0.2) is 24.0 Å². The van der Waals surface area contributed by atoms with E-state index in [4.69, 9.17) is 19.7 Å². The summed E-state index contributed by atoms with van der Waals surface area (Å²) >= 11 is 0. The fourth-order valence-corrected chi connectivity index (χ4v) is 3.30. The van der Waals surface area contributed by atoms with Crippen LogP contribution in [0.1, 0.15) is 41.5 Å². The molecular formula is C22H38N4O10. The molecule has 0 spiro atoms. The van der Waals surface area contributed by atoms with E-state index in [-0.39, 0.29) is 19.6 Å². The molecule has 0 aromatic carbocycles. The zero-order valence-corrected chi connectivity index (χ0v) is 21.9. The van der Waals surface area contributed by atoms with Crippen molar-refractivity contribution in [3.8, 4) is 0 Å². The molecule has 2 atom stereocenters. The van der Waals surface area contributed by atoms with Crippen LogP contribution < -0.4 is 5.32 Å². The van der Waals surface area contributed by atoms with Gasteiger partial charge >= 0.3 is 30.2 Å². The first-order chi connectivity index (χ1) is 16.5. The lowest BCUT2D eigenvalue weighted by Crippen LogP contribution is -2.59. The van der Waals surface area contributed by atoms with E-state index in [9.17, 15) is 24.0 Å². The van der Waals surface area contributed by atoms with E-state index in [1.807, 2.05) is 0 Å². The predicted molar refractivity (Wildman–Crippen MR) is 126 cm³/mol. The van der Waals surface area contributed by atoms with E-state index in [1.54, 1.807) is 41.5 Å². The molecule has 36 heavy (non-hydrogen) atoms. The van der Waals surface area contributed by atoms with E-state index >= 15 is 0 Å². The number of amides is 3. The molecule has 14 heteroatoms. The van der Waals surface area contributed by atoms with E-state index < -0.39 is 53.5 Å². The second-order valence-electron chi connectivity index (χ2n) is 10.2. The second-order valence-corrected chi connectivity index (χ2v) is 10.2. The molecule has 3 N–H and O–H groups in total. The Labute approximate surface area is 210 Å². The maximum Gasteiger partial charge on any atom is 0.411 e. The van der Waals surface area contributed by atoms with Gasteiger partial charge in [-0.2, -0.15) is 0 Å².